The van der Waals surface area contributed by atoms with Crippen molar-refractivity contribution in [1.29, 1.82) is 5.26 Å². The van der Waals surface area contributed by atoms with Crippen LogP contribution in [0.1, 0.15) is 16.7 Å². The number of anilines is 3. The molecule has 3 rings (SSSR count). The molecule has 5 nitrogen and oxygen atoms in total. The monoisotopic (exact) mass is 315 g/mol. The molecule has 5 heteroatoms. The molecule has 0 bridgehead atoms. The summed E-state index contributed by atoms with van der Waals surface area (Å²) >= 11 is 0. The summed E-state index contributed by atoms with van der Waals surface area (Å²) in [4.78, 5) is 8.43. The van der Waals surface area contributed by atoms with Gasteiger partial charge >= 0.3 is 0 Å². The van der Waals surface area contributed by atoms with Crippen molar-refractivity contribution in [3.05, 3.63) is 77.6 Å². The van der Waals surface area contributed by atoms with E-state index in [9.17, 15) is 0 Å². The highest BCUT2D eigenvalue weighted by Crippen LogP contribution is 2.20. The first-order chi connectivity index (χ1) is 11.7. The minimum Gasteiger partial charge on any atom is -0.366 e. The quantitative estimate of drug-likeness (QED) is 0.744. The van der Waals surface area contributed by atoms with Gasteiger partial charge < -0.3 is 10.6 Å². The van der Waals surface area contributed by atoms with Gasteiger partial charge in [-0.2, -0.15) is 5.26 Å². The second-order valence-electron chi connectivity index (χ2n) is 5.41. The van der Waals surface area contributed by atoms with Gasteiger partial charge in [-0.3, -0.25) is 0 Å². The molecule has 2 N–H and O–H groups in total. The lowest BCUT2D eigenvalue weighted by Crippen LogP contribution is -2.03. The molecule has 0 aliphatic heterocycles. The van der Waals surface area contributed by atoms with Gasteiger partial charge in [-0.1, -0.05) is 42.0 Å². The zero-order valence-corrected chi connectivity index (χ0v) is 13.3. The van der Waals surface area contributed by atoms with E-state index >= 15 is 0 Å². The Bertz CT molecular complexity index is 865. The van der Waals surface area contributed by atoms with Crippen molar-refractivity contribution in [3.8, 4) is 6.07 Å². The van der Waals surface area contributed by atoms with Crippen LogP contribution in [0.2, 0.25) is 0 Å². The van der Waals surface area contributed by atoms with Gasteiger partial charge in [0.2, 0.25) is 0 Å². The molecule has 0 spiro atoms. The maximum absolute atomic E-state index is 9.15. The molecule has 0 saturated carbocycles. The normalized spacial score (nSPS) is 10.0. The molecule has 3 aromatic rings. The maximum atomic E-state index is 9.15. The van der Waals surface area contributed by atoms with E-state index in [0.717, 1.165) is 11.5 Å². The molecule has 1 heterocycles. The molecule has 24 heavy (non-hydrogen) atoms. The van der Waals surface area contributed by atoms with Crippen LogP contribution >= 0.6 is 0 Å². The third-order valence-electron chi connectivity index (χ3n) is 3.57. The average Bonchev–Trinajstić information content (AvgIpc) is 2.62. The summed E-state index contributed by atoms with van der Waals surface area (Å²) in [5.41, 5.74) is 3.72. The predicted molar refractivity (Wildman–Crippen MR) is 95.0 cm³/mol. The third kappa shape index (κ3) is 3.87. The fourth-order valence-electron chi connectivity index (χ4n) is 2.25. The van der Waals surface area contributed by atoms with Crippen molar-refractivity contribution in [1.82, 2.24) is 9.97 Å². The van der Waals surface area contributed by atoms with Crippen LogP contribution in [0.5, 0.6) is 0 Å². The molecule has 0 aliphatic rings. The Kier molecular flexibility index (Phi) is 4.68. The lowest BCUT2D eigenvalue weighted by Gasteiger charge is -2.10. The molecular weight excluding hydrogens is 298 g/mol. The summed E-state index contributed by atoms with van der Waals surface area (Å²) in [5.74, 6) is 1.36. The molecule has 118 valence electrons. The molecule has 1 aromatic heterocycles. The minimum atomic E-state index is 0.574. The second-order valence-corrected chi connectivity index (χ2v) is 5.41. The molecule has 0 saturated heterocycles. The van der Waals surface area contributed by atoms with Crippen LogP contribution in [0.4, 0.5) is 17.3 Å². The number of hydrogen-bond acceptors (Lipinski definition) is 5. The van der Waals surface area contributed by atoms with Crippen LogP contribution in [-0.4, -0.2) is 9.97 Å². The highest BCUT2D eigenvalue weighted by atomic mass is 15.1. The number of nitrogens with zero attached hydrogens (tertiary/aromatic N) is 3. The van der Waals surface area contributed by atoms with Crippen LogP contribution in [0.25, 0.3) is 0 Å². The van der Waals surface area contributed by atoms with E-state index in [0.29, 0.717) is 17.9 Å². The van der Waals surface area contributed by atoms with E-state index in [1.165, 1.54) is 17.5 Å². The SMILES string of the molecule is Cc1ccc(CNc2cc(Nc3ccccc3C#N)ncn2)cc1. The van der Waals surface area contributed by atoms with E-state index in [4.69, 9.17) is 5.26 Å². The van der Waals surface area contributed by atoms with Gasteiger partial charge in [0.25, 0.3) is 0 Å². The fourth-order valence-corrected chi connectivity index (χ4v) is 2.25. The topological polar surface area (TPSA) is 73.6 Å². The first kappa shape index (κ1) is 15.5. The first-order valence-corrected chi connectivity index (χ1v) is 7.62. The number of nitriles is 1. The molecule has 2 aromatic carbocycles. The number of nitrogens with one attached hydrogen (secondary N) is 2. The second kappa shape index (κ2) is 7.25. The number of hydrogen-bond donors (Lipinski definition) is 2. The van der Waals surface area contributed by atoms with Crippen molar-refractivity contribution in [2.45, 2.75) is 13.5 Å². The highest BCUT2D eigenvalue weighted by Gasteiger charge is 2.03. The summed E-state index contributed by atoms with van der Waals surface area (Å²) in [5, 5.41) is 15.6. The largest absolute Gasteiger partial charge is 0.366 e. The average molecular weight is 315 g/mol. The van der Waals surface area contributed by atoms with E-state index in [1.54, 1.807) is 6.07 Å². The molecule has 0 aliphatic carbocycles. The van der Waals surface area contributed by atoms with E-state index in [2.05, 4.69) is 57.9 Å². The van der Waals surface area contributed by atoms with Gasteiger partial charge in [0.15, 0.2) is 0 Å². The maximum Gasteiger partial charge on any atom is 0.135 e. The minimum absolute atomic E-state index is 0.574. The zero-order chi connectivity index (χ0) is 16.8. The van der Waals surface area contributed by atoms with Crippen LogP contribution in [0.3, 0.4) is 0 Å². The lowest BCUT2D eigenvalue weighted by molar-refractivity contribution is 1.08. The number of aryl methyl sites for hydroxylation is 1. The zero-order valence-electron chi connectivity index (χ0n) is 13.3. The van der Waals surface area contributed by atoms with Gasteiger partial charge in [0, 0.05) is 12.6 Å². The van der Waals surface area contributed by atoms with Crippen molar-refractivity contribution >= 4 is 17.3 Å². The first-order valence-electron chi connectivity index (χ1n) is 7.62. The summed E-state index contributed by atoms with van der Waals surface area (Å²) in [7, 11) is 0. The Morgan fingerprint density at radius 1 is 1.00 bits per heavy atom. The van der Waals surface area contributed by atoms with Crippen LogP contribution < -0.4 is 10.6 Å². The van der Waals surface area contributed by atoms with Crippen LogP contribution in [0.15, 0.2) is 60.9 Å². The van der Waals surface area contributed by atoms with Gasteiger partial charge in [-0.05, 0) is 24.6 Å². The van der Waals surface area contributed by atoms with Crippen LogP contribution in [0, 0.1) is 18.3 Å². The van der Waals surface area contributed by atoms with Gasteiger partial charge in [-0.15, -0.1) is 0 Å². The highest BCUT2D eigenvalue weighted by molar-refractivity contribution is 5.65. The van der Waals surface area contributed by atoms with Gasteiger partial charge in [0.05, 0.1) is 11.3 Å². The molecule has 0 amide bonds. The third-order valence-corrected chi connectivity index (χ3v) is 3.57. The Morgan fingerprint density at radius 3 is 2.54 bits per heavy atom. The molecule has 0 atom stereocenters. The van der Waals surface area contributed by atoms with Crippen LogP contribution in [-0.2, 0) is 6.54 Å². The Balaban J connectivity index is 1.70. The van der Waals surface area contributed by atoms with Gasteiger partial charge in [0.1, 0.15) is 24.0 Å². The molecular formula is C19H17N5. The summed E-state index contributed by atoms with van der Waals surface area (Å²) in [6, 6.07) is 19.7. The predicted octanol–water partition coefficient (Wildman–Crippen LogP) is 4.01. The van der Waals surface area contributed by atoms with E-state index < -0.39 is 0 Å². The lowest BCUT2D eigenvalue weighted by atomic mass is 10.1. The molecule has 0 unspecified atom stereocenters. The van der Waals surface area contributed by atoms with Crippen molar-refractivity contribution in [2.24, 2.45) is 0 Å². The number of rotatable bonds is 5. The van der Waals surface area contributed by atoms with Crippen molar-refractivity contribution in [3.63, 3.8) is 0 Å². The standard InChI is InChI=1S/C19H17N5/c1-14-6-8-15(9-7-14)12-21-18-10-19(23-13-22-18)24-17-5-3-2-4-16(17)11-20/h2-10,13H,12H2,1H3,(H2,21,22,23,24). The number of aromatic nitrogens is 2. The van der Waals surface area contributed by atoms with Crippen molar-refractivity contribution in [2.75, 3.05) is 10.6 Å². The Labute approximate surface area is 141 Å². The summed E-state index contributed by atoms with van der Waals surface area (Å²) in [6.07, 6.45) is 1.49. The molecule has 0 fully saturated rings. The summed E-state index contributed by atoms with van der Waals surface area (Å²) in [6.45, 7) is 2.75. The van der Waals surface area contributed by atoms with Crippen molar-refractivity contribution < 1.29 is 0 Å². The van der Waals surface area contributed by atoms with E-state index in [1.807, 2.05) is 24.3 Å². The number of benzene rings is 2. The smallest absolute Gasteiger partial charge is 0.135 e. The number of para-hydroxylation sites is 1. The van der Waals surface area contributed by atoms with E-state index in [-0.39, 0.29) is 0 Å². The van der Waals surface area contributed by atoms with Gasteiger partial charge in [-0.25, -0.2) is 9.97 Å². The Morgan fingerprint density at radius 2 is 1.75 bits per heavy atom. The Hall–Kier alpha value is -3.39. The molecule has 0 radical (unpaired) electrons. The fraction of sp³-hybridized carbons (Fsp3) is 0.105. The summed E-state index contributed by atoms with van der Waals surface area (Å²) < 4.78 is 0.